The van der Waals surface area contributed by atoms with Crippen LogP contribution < -0.4 is 17.0 Å². The van der Waals surface area contributed by atoms with Crippen LogP contribution in [0.3, 0.4) is 0 Å². The van der Waals surface area contributed by atoms with Crippen molar-refractivity contribution in [3.8, 4) is 0 Å². The normalized spacial score (nSPS) is 9.27. The maximum absolute atomic E-state index is 2.43. The van der Waals surface area contributed by atoms with Crippen molar-refractivity contribution in [2.45, 2.75) is 20.4 Å². The van der Waals surface area contributed by atoms with Crippen molar-refractivity contribution in [1.82, 2.24) is 4.90 Å². The molecule has 0 fully saturated rings. The fourth-order valence-corrected chi connectivity index (χ4v) is 1.38. The largest absolute Gasteiger partial charge is 1.00 e. The Morgan fingerprint density at radius 3 is 2.00 bits per heavy atom. The van der Waals surface area contributed by atoms with Crippen LogP contribution in [-0.4, -0.2) is 24.5 Å². The molecule has 1 aromatic heterocycles. The summed E-state index contributed by atoms with van der Waals surface area (Å²) in [7, 11) is 0. The highest BCUT2D eigenvalue weighted by Gasteiger charge is 2.02. The Morgan fingerprint density at radius 1 is 1.00 bits per heavy atom. The van der Waals surface area contributed by atoms with Gasteiger partial charge in [0.2, 0.25) is 0 Å². The third-order valence-electron chi connectivity index (χ3n) is 2.35. The number of pyridine rings is 1. The van der Waals surface area contributed by atoms with Gasteiger partial charge in [-0.1, -0.05) is 19.9 Å². The van der Waals surface area contributed by atoms with E-state index in [2.05, 4.69) is 47.8 Å². The van der Waals surface area contributed by atoms with Gasteiger partial charge in [0.25, 0.3) is 0 Å². The fourth-order valence-electron chi connectivity index (χ4n) is 1.38. The average molecular weight is 251 g/mol. The number of rotatable bonds is 5. The van der Waals surface area contributed by atoms with E-state index in [0.717, 1.165) is 26.2 Å². The van der Waals surface area contributed by atoms with Crippen molar-refractivity contribution in [1.29, 1.82) is 0 Å². The summed E-state index contributed by atoms with van der Waals surface area (Å²) in [6.45, 7) is 8.93. The third-order valence-corrected chi connectivity index (χ3v) is 2.35. The molecule has 15 heavy (non-hydrogen) atoms. The first-order valence-electron chi connectivity index (χ1n) is 5.03. The number of hydrogen-bond donors (Lipinski definition) is 0. The zero-order chi connectivity index (χ0) is 9.52. The Hall–Kier alpha value is -0.310. The fraction of sp³-hybridized carbons (Fsp3) is 0.545. The molecule has 0 aliphatic rings. The van der Waals surface area contributed by atoms with E-state index < -0.39 is 0 Å². The minimum absolute atomic E-state index is 0. The SMILES string of the molecule is CCN(CC)CC[n+]1ccccc1.Cl.[Cl-]. The molecule has 1 heterocycles. The van der Waals surface area contributed by atoms with E-state index in [1.54, 1.807) is 0 Å². The predicted octanol–water partition coefficient (Wildman–Crippen LogP) is -1.26. The molecule has 0 atom stereocenters. The van der Waals surface area contributed by atoms with Gasteiger partial charge in [0.1, 0.15) is 0 Å². The molecule has 88 valence electrons. The van der Waals surface area contributed by atoms with Gasteiger partial charge in [-0.2, -0.15) is 0 Å². The molecule has 0 spiro atoms. The summed E-state index contributed by atoms with van der Waals surface area (Å²) in [5.41, 5.74) is 0. The first-order chi connectivity index (χ1) is 6.36. The number of halogens is 2. The molecule has 0 saturated carbocycles. The Bertz CT molecular complexity index is 225. The molecule has 0 aromatic carbocycles. The van der Waals surface area contributed by atoms with Gasteiger partial charge in [0, 0.05) is 12.1 Å². The Morgan fingerprint density at radius 2 is 1.53 bits per heavy atom. The van der Waals surface area contributed by atoms with Crippen LogP contribution in [0.5, 0.6) is 0 Å². The maximum Gasteiger partial charge on any atom is 0.168 e. The first-order valence-corrected chi connectivity index (χ1v) is 5.03. The van der Waals surface area contributed by atoms with E-state index >= 15 is 0 Å². The topological polar surface area (TPSA) is 7.12 Å². The molecule has 1 aromatic rings. The molecule has 4 heteroatoms. The summed E-state index contributed by atoms with van der Waals surface area (Å²) in [4.78, 5) is 2.43. The van der Waals surface area contributed by atoms with Crippen LogP contribution in [0.4, 0.5) is 0 Å². The minimum atomic E-state index is 0. The second-order valence-electron chi connectivity index (χ2n) is 3.14. The summed E-state index contributed by atoms with van der Waals surface area (Å²) >= 11 is 0. The molecule has 0 radical (unpaired) electrons. The van der Waals surface area contributed by atoms with Crippen molar-refractivity contribution >= 4 is 12.4 Å². The Balaban J connectivity index is 0. The second-order valence-corrected chi connectivity index (χ2v) is 3.14. The summed E-state index contributed by atoms with van der Waals surface area (Å²) in [6.07, 6.45) is 4.23. The molecular formula is C11H20Cl2N2. The Labute approximate surface area is 105 Å². The average Bonchev–Trinajstić information content (AvgIpc) is 2.21. The van der Waals surface area contributed by atoms with E-state index in [0.29, 0.717) is 0 Å². The maximum atomic E-state index is 2.43. The van der Waals surface area contributed by atoms with Gasteiger partial charge < -0.3 is 12.4 Å². The lowest BCUT2D eigenvalue weighted by molar-refractivity contribution is -0.696. The first kappa shape index (κ1) is 17.1. The van der Waals surface area contributed by atoms with E-state index in [1.165, 1.54) is 0 Å². The van der Waals surface area contributed by atoms with E-state index in [9.17, 15) is 0 Å². The number of hydrogen-bond acceptors (Lipinski definition) is 1. The van der Waals surface area contributed by atoms with Crippen molar-refractivity contribution < 1.29 is 17.0 Å². The van der Waals surface area contributed by atoms with Gasteiger partial charge in [0.05, 0.1) is 6.54 Å². The van der Waals surface area contributed by atoms with Crippen LogP contribution in [-0.2, 0) is 6.54 Å². The highest BCUT2D eigenvalue weighted by molar-refractivity contribution is 5.85. The zero-order valence-electron chi connectivity index (χ0n) is 9.40. The highest BCUT2D eigenvalue weighted by atomic mass is 35.5. The van der Waals surface area contributed by atoms with E-state index in [-0.39, 0.29) is 24.8 Å². The Kier molecular flexibility index (Phi) is 11.6. The monoisotopic (exact) mass is 250 g/mol. The lowest BCUT2D eigenvalue weighted by Crippen LogP contribution is -3.00. The second kappa shape index (κ2) is 10.2. The van der Waals surface area contributed by atoms with Crippen molar-refractivity contribution in [2.24, 2.45) is 0 Å². The minimum Gasteiger partial charge on any atom is -1.00 e. The van der Waals surface area contributed by atoms with Gasteiger partial charge in [-0.3, -0.25) is 4.90 Å². The number of likely N-dealkylation sites (N-methyl/N-ethyl adjacent to an activating group) is 1. The molecular weight excluding hydrogens is 231 g/mol. The van der Waals surface area contributed by atoms with E-state index in [4.69, 9.17) is 0 Å². The standard InChI is InChI=1S/C11H19N2.2ClH/c1-3-12(4-2)10-11-13-8-6-5-7-9-13;;/h5-9H,3-4,10-11H2,1-2H3;2*1H/q+1;;/p-1. The van der Waals surface area contributed by atoms with Gasteiger partial charge >= 0.3 is 0 Å². The quantitative estimate of drug-likeness (QED) is 0.593. The molecule has 0 aliphatic heterocycles. The molecule has 0 aliphatic carbocycles. The molecule has 0 bridgehead atoms. The molecule has 0 saturated heterocycles. The smallest absolute Gasteiger partial charge is 0.168 e. The summed E-state index contributed by atoms with van der Waals surface area (Å²) in [6, 6.07) is 6.19. The van der Waals surface area contributed by atoms with Crippen LogP contribution in [0.2, 0.25) is 0 Å². The van der Waals surface area contributed by atoms with Gasteiger partial charge in [-0.05, 0) is 13.1 Å². The summed E-state index contributed by atoms with van der Waals surface area (Å²) < 4.78 is 2.22. The van der Waals surface area contributed by atoms with Gasteiger partial charge in [-0.25, -0.2) is 4.57 Å². The summed E-state index contributed by atoms with van der Waals surface area (Å²) in [5, 5.41) is 0. The van der Waals surface area contributed by atoms with Crippen LogP contribution in [0.25, 0.3) is 0 Å². The molecule has 0 unspecified atom stereocenters. The van der Waals surface area contributed by atoms with Crippen molar-refractivity contribution in [3.63, 3.8) is 0 Å². The third kappa shape index (κ3) is 6.72. The van der Waals surface area contributed by atoms with Crippen molar-refractivity contribution in [3.05, 3.63) is 30.6 Å². The lowest BCUT2D eigenvalue weighted by Gasteiger charge is -2.15. The zero-order valence-corrected chi connectivity index (χ0v) is 11.0. The van der Waals surface area contributed by atoms with E-state index in [1.807, 2.05) is 6.07 Å². The van der Waals surface area contributed by atoms with Gasteiger partial charge in [0.15, 0.2) is 18.9 Å². The lowest BCUT2D eigenvalue weighted by atomic mass is 10.4. The summed E-state index contributed by atoms with van der Waals surface area (Å²) in [5.74, 6) is 0. The van der Waals surface area contributed by atoms with Crippen LogP contribution >= 0.6 is 12.4 Å². The van der Waals surface area contributed by atoms with Crippen molar-refractivity contribution in [2.75, 3.05) is 19.6 Å². The predicted molar refractivity (Wildman–Crippen MR) is 61.7 cm³/mol. The van der Waals surface area contributed by atoms with Crippen LogP contribution in [0.1, 0.15) is 13.8 Å². The number of nitrogens with zero attached hydrogens (tertiary/aromatic N) is 2. The number of aromatic nitrogens is 1. The molecule has 0 amide bonds. The molecule has 0 N–H and O–H groups in total. The van der Waals surface area contributed by atoms with Crippen LogP contribution in [0, 0.1) is 0 Å². The van der Waals surface area contributed by atoms with Crippen LogP contribution in [0.15, 0.2) is 30.6 Å². The van der Waals surface area contributed by atoms with Gasteiger partial charge in [-0.15, -0.1) is 12.4 Å². The molecule has 2 nitrogen and oxygen atoms in total. The molecule has 1 rings (SSSR count). The highest BCUT2D eigenvalue weighted by Crippen LogP contribution is 1.85.